The molecule has 0 aromatic heterocycles. The summed E-state index contributed by atoms with van der Waals surface area (Å²) in [5.41, 5.74) is 0.847. The summed E-state index contributed by atoms with van der Waals surface area (Å²) < 4.78 is 4.95. The second kappa shape index (κ2) is 11.8. The maximum absolute atomic E-state index is 11.6. The van der Waals surface area contributed by atoms with E-state index in [2.05, 4.69) is 22.9 Å². The van der Waals surface area contributed by atoms with E-state index in [0.29, 0.717) is 13.0 Å². The Kier molecular flexibility index (Phi) is 9.46. The van der Waals surface area contributed by atoms with E-state index in [9.17, 15) is 9.59 Å². The van der Waals surface area contributed by atoms with Gasteiger partial charge in [-0.1, -0.05) is 43.7 Å². The van der Waals surface area contributed by atoms with Gasteiger partial charge in [0.2, 0.25) is 0 Å². The van der Waals surface area contributed by atoms with Gasteiger partial charge < -0.3 is 15.4 Å². The first-order valence-electron chi connectivity index (χ1n) is 8.05. The molecule has 0 heterocycles. The van der Waals surface area contributed by atoms with Crippen LogP contribution in [0.5, 0.6) is 0 Å². The van der Waals surface area contributed by atoms with Crippen molar-refractivity contribution in [1.82, 2.24) is 16.0 Å². The number of rotatable bonds is 9. The van der Waals surface area contributed by atoms with Crippen LogP contribution in [0, 0.1) is 11.5 Å². The van der Waals surface area contributed by atoms with Gasteiger partial charge in [0.1, 0.15) is 6.61 Å². The number of hydrogen-bond donors (Lipinski definition) is 3. The Morgan fingerprint density at radius 3 is 2.67 bits per heavy atom. The molecule has 0 aliphatic carbocycles. The van der Waals surface area contributed by atoms with Gasteiger partial charge in [0, 0.05) is 12.6 Å². The number of imide groups is 1. The minimum Gasteiger partial charge on any atom is -0.444 e. The molecule has 0 spiro atoms. The smallest absolute Gasteiger partial charge is 0.415 e. The third-order valence-corrected chi connectivity index (χ3v) is 3.35. The summed E-state index contributed by atoms with van der Waals surface area (Å²) in [6, 6.07) is 8.75. The lowest BCUT2D eigenvalue weighted by atomic mass is 10.1. The third kappa shape index (κ3) is 8.63. The lowest BCUT2D eigenvalue weighted by Gasteiger charge is -2.14. The van der Waals surface area contributed by atoms with E-state index in [4.69, 9.17) is 10.00 Å². The summed E-state index contributed by atoms with van der Waals surface area (Å²) in [6.45, 7) is 2.59. The standard InChI is InChI=1S/C17H24N4O3/c1-2-7-15(20-13-18)10-6-11-19-16(22)21-17(23)24-12-14-8-4-3-5-9-14/h3-5,8-9,15,20H,2,6-7,10-12H2,1H3,(H2,19,21,22,23). The second-order valence-electron chi connectivity index (χ2n) is 5.33. The largest absolute Gasteiger partial charge is 0.444 e. The van der Waals surface area contributed by atoms with Crippen molar-refractivity contribution in [2.45, 2.75) is 45.3 Å². The van der Waals surface area contributed by atoms with E-state index < -0.39 is 12.1 Å². The molecule has 1 aromatic carbocycles. The average Bonchev–Trinajstić information content (AvgIpc) is 2.58. The molecule has 7 nitrogen and oxygen atoms in total. The summed E-state index contributed by atoms with van der Waals surface area (Å²) in [7, 11) is 0. The van der Waals surface area contributed by atoms with Crippen LogP contribution in [0.15, 0.2) is 30.3 Å². The fourth-order valence-electron chi connectivity index (χ4n) is 2.17. The monoisotopic (exact) mass is 332 g/mol. The molecule has 0 aliphatic heterocycles. The maximum atomic E-state index is 11.6. The Labute approximate surface area is 142 Å². The molecule has 1 atom stereocenters. The molecule has 0 fully saturated rings. The summed E-state index contributed by atoms with van der Waals surface area (Å²) in [5.74, 6) is 0. The predicted octanol–water partition coefficient (Wildman–Crippen LogP) is 2.64. The van der Waals surface area contributed by atoms with Gasteiger partial charge in [-0.25, -0.2) is 14.9 Å². The number of nitrogens with zero attached hydrogens (tertiary/aromatic N) is 1. The molecule has 1 unspecified atom stereocenters. The van der Waals surface area contributed by atoms with E-state index in [1.807, 2.05) is 36.5 Å². The summed E-state index contributed by atoms with van der Waals surface area (Å²) >= 11 is 0. The number of carbonyl (C=O) groups is 2. The average molecular weight is 332 g/mol. The highest BCUT2D eigenvalue weighted by atomic mass is 16.5. The van der Waals surface area contributed by atoms with Crippen molar-refractivity contribution in [3.8, 4) is 6.19 Å². The number of urea groups is 1. The van der Waals surface area contributed by atoms with Crippen LogP contribution in [0.2, 0.25) is 0 Å². The van der Waals surface area contributed by atoms with Gasteiger partial charge in [-0.3, -0.25) is 0 Å². The van der Waals surface area contributed by atoms with Crippen LogP contribution in [0.4, 0.5) is 9.59 Å². The first-order chi connectivity index (χ1) is 11.7. The minimum absolute atomic E-state index is 0.110. The van der Waals surface area contributed by atoms with Gasteiger partial charge in [-0.05, 0) is 24.8 Å². The first kappa shape index (κ1) is 19.3. The lowest BCUT2D eigenvalue weighted by Crippen LogP contribution is -2.40. The van der Waals surface area contributed by atoms with Crippen molar-refractivity contribution in [1.29, 1.82) is 5.26 Å². The Morgan fingerprint density at radius 1 is 1.25 bits per heavy atom. The van der Waals surface area contributed by atoms with Gasteiger partial charge >= 0.3 is 12.1 Å². The first-order valence-corrected chi connectivity index (χ1v) is 8.05. The number of nitrogens with one attached hydrogen (secondary N) is 3. The van der Waals surface area contributed by atoms with E-state index in [0.717, 1.165) is 24.8 Å². The fourth-order valence-corrected chi connectivity index (χ4v) is 2.17. The van der Waals surface area contributed by atoms with Gasteiger partial charge in [0.05, 0.1) is 0 Å². The third-order valence-electron chi connectivity index (χ3n) is 3.35. The Bertz CT molecular complexity index is 543. The Balaban J connectivity index is 2.14. The highest BCUT2D eigenvalue weighted by molar-refractivity contribution is 5.90. The van der Waals surface area contributed by atoms with E-state index in [1.54, 1.807) is 0 Å². The molecule has 24 heavy (non-hydrogen) atoms. The second-order valence-corrected chi connectivity index (χ2v) is 5.33. The predicted molar refractivity (Wildman–Crippen MR) is 89.8 cm³/mol. The fraction of sp³-hybridized carbons (Fsp3) is 0.471. The zero-order valence-electron chi connectivity index (χ0n) is 13.9. The topological polar surface area (TPSA) is 103 Å². The SMILES string of the molecule is CCCC(CCCNC(=O)NC(=O)OCc1ccccc1)NC#N. The van der Waals surface area contributed by atoms with E-state index in [-0.39, 0.29) is 12.6 Å². The molecular formula is C17H24N4O3. The summed E-state index contributed by atoms with van der Waals surface area (Å²) in [6.07, 6.45) is 4.55. The van der Waals surface area contributed by atoms with Crippen molar-refractivity contribution < 1.29 is 14.3 Å². The number of alkyl carbamates (subject to hydrolysis) is 1. The van der Waals surface area contributed by atoms with Crippen LogP contribution in [-0.4, -0.2) is 24.7 Å². The molecule has 0 bridgehead atoms. The van der Waals surface area contributed by atoms with Crippen LogP contribution in [0.1, 0.15) is 38.2 Å². The highest BCUT2D eigenvalue weighted by Crippen LogP contribution is 2.04. The number of hydrogen-bond acceptors (Lipinski definition) is 5. The quantitative estimate of drug-likeness (QED) is 0.366. The molecule has 0 saturated heterocycles. The zero-order valence-corrected chi connectivity index (χ0v) is 13.9. The number of amides is 3. The number of nitriles is 1. The van der Waals surface area contributed by atoms with Gasteiger partial charge in [-0.15, -0.1) is 0 Å². The van der Waals surface area contributed by atoms with Gasteiger partial charge in [0.25, 0.3) is 0 Å². The van der Waals surface area contributed by atoms with Crippen molar-refractivity contribution in [3.05, 3.63) is 35.9 Å². The maximum Gasteiger partial charge on any atom is 0.415 e. The van der Waals surface area contributed by atoms with Crippen molar-refractivity contribution >= 4 is 12.1 Å². The van der Waals surface area contributed by atoms with Gasteiger partial charge in [0.15, 0.2) is 6.19 Å². The van der Waals surface area contributed by atoms with Crippen LogP contribution < -0.4 is 16.0 Å². The Morgan fingerprint density at radius 2 is 2.00 bits per heavy atom. The van der Waals surface area contributed by atoms with Crippen LogP contribution >= 0.6 is 0 Å². The normalized spacial score (nSPS) is 11.0. The van der Waals surface area contributed by atoms with Crippen molar-refractivity contribution in [3.63, 3.8) is 0 Å². The Hall–Kier alpha value is -2.75. The molecule has 0 radical (unpaired) electrons. The minimum atomic E-state index is -0.786. The van der Waals surface area contributed by atoms with Crippen LogP contribution in [0.25, 0.3) is 0 Å². The summed E-state index contributed by atoms with van der Waals surface area (Å²) in [4.78, 5) is 23.1. The van der Waals surface area contributed by atoms with Crippen LogP contribution in [0.3, 0.4) is 0 Å². The lowest BCUT2D eigenvalue weighted by molar-refractivity contribution is 0.140. The number of carbonyl (C=O) groups excluding carboxylic acids is 2. The van der Waals surface area contributed by atoms with Crippen molar-refractivity contribution in [2.24, 2.45) is 0 Å². The molecular weight excluding hydrogens is 308 g/mol. The molecule has 0 aliphatic rings. The highest BCUT2D eigenvalue weighted by Gasteiger charge is 2.09. The summed E-state index contributed by atoms with van der Waals surface area (Å²) in [5, 5.41) is 16.1. The molecule has 0 saturated carbocycles. The van der Waals surface area contributed by atoms with E-state index in [1.165, 1.54) is 0 Å². The van der Waals surface area contributed by atoms with Crippen LogP contribution in [-0.2, 0) is 11.3 Å². The molecule has 130 valence electrons. The molecule has 3 N–H and O–H groups in total. The molecule has 7 heteroatoms. The molecule has 1 rings (SSSR count). The van der Waals surface area contributed by atoms with Gasteiger partial charge in [-0.2, -0.15) is 5.26 Å². The number of benzene rings is 1. The van der Waals surface area contributed by atoms with Crippen molar-refractivity contribution in [2.75, 3.05) is 6.54 Å². The molecule has 3 amide bonds. The van der Waals surface area contributed by atoms with E-state index >= 15 is 0 Å². The zero-order chi connectivity index (χ0) is 17.6. The molecule has 1 aromatic rings. The number of ether oxygens (including phenoxy) is 1.